The Kier molecular flexibility index (Phi) is 10.5. The van der Waals surface area contributed by atoms with Gasteiger partial charge in [-0.2, -0.15) is 0 Å². The van der Waals surface area contributed by atoms with Gasteiger partial charge in [-0.15, -0.1) is 0 Å². The lowest BCUT2D eigenvalue weighted by Crippen LogP contribution is -2.41. The van der Waals surface area contributed by atoms with Crippen LogP contribution >= 0.6 is 0 Å². The van der Waals surface area contributed by atoms with Gasteiger partial charge in [-0.3, -0.25) is 4.79 Å². The van der Waals surface area contributed by atoms with Crippen LogP contribution < -0.4 is 0 Å². The maximum Gasteiger partial charge on any atom is 0.308 e. The summed E-state index contributed by atoms with van der Waals surface area (Å²) >= 11 is 0. The van der Waals surface area contributed by atoms with Gasteiger partial charge in [0.05, 0.1) is 30.8 Å². The highest BCUT2D eigenvalue weighted by atomic mass is 16.7. The van der Waals surface area contributed by atoms with Crippen molar-refractivity contribution in [3.63, 3.8) is 0 Å². The second-order valence-electron chi connectivity index (χ2n) is 7.40. The molecule has 154 valence electrons. The number of benzene rings is 1. The van der Waals surface area contributed by atoms with Crippen molar-refractivity contribution in [2.24, 2.45) is 17.8 Å². The smallest absolute Gasteiger partial charge is 0.308 e. The topological polar surface area (TPSA) is 85.2 Å². The lowest BCUT2D eigenvalue weighted by Gasteiger charge is -2.33. The quantitative estimate of drug-likeness (QED) is 0.509. The summed E-state index contributed by atoms with van der Waals surface area (Å²) < 4.78 is 16.9. The Bertz CT molecular complexity index is 533. The first kappa shape index (κ1) is 23.6. The number of ether oxygens (including phenoxy) is 3. The Balaban J connectivity index is 2.81. The highest BCUT2D eigenvalue weighted by molar-refractivity contribution is 5.70. The molecule has 0 saturated heterocycles. The first-order chi connectivity index (χ1) is 12.8. The molecule has 0 saturated carbocycles. The number of carboxylic acid groups (broad SMARTS) is 1. The monoisotopic (exact) mass is 382 g/mol. The summed E-state index contributed by atoms with van der Waals surface area (Å²) in [6.45, 7) is 8.02. The van der Waals surface area contributed by atoms with E-state index in [4.69, 9.17) is 14.2 Å². The standard InChI is InChI=1S/C21H34O6/c1-14(2)18(26-12-17-9-7-6-8-10-17)11-19(27-13-25-5)15(3)20(22)16(4)21(23)24/h6-10,14-16,18-20,22H,11-13H2,1-5H3,(H,23,24)/t15-,16-,18-,19+,20+/m0/s1. The molecule has 5 atom stereocenters. The van der Waals surface area contributed by atoms with E-state index < -0.39 is 18.0 Å². The molecule has 0 aromatic heterocycles. The fourth-order valence-electron chi connectivity index (χ4n) is 2.95. The predicted octanol–water partition coefficient (Wildman–Crippen LogP) is 3.32. The van der Waals surface area contributed by atoms with Gasteiger partial charge in [0.2, 0.25) is 0 Å². The Labute approximate surface area is 162 Å². The number of aliphatic hydroxyl groups is 1. The van der Waals surface area contributed by atoms with Gasteiger partial charge >= 0.3 is 5.97 Å². The van der Waals surface area contributed by atoms with Crippen LogP contribution in [0, 0.1) is 17.8 Å². The molecule has 1 aromatic carbocycles. The summed E-state index contributed by atoms with van der Waals surface area (Å²) in [4.78, 5) is 11.2. The zero-order valence-corrected chi connectivity index (χ0v) is 17.0. The molecule has 0 fully saturated rings. The van der Waals surface area contributed by atoms with Gasteiger partial charge in [-0.05, 0) is 18.4 Å². The molecular formula is C21H34O6. The van der Waals surface area contributed by atoms with Crippen LogP contribution in [0.4, 0.5) is 0 Å². The lowest BCUT2D eigenvalue weighted by molar-refractivity contribution is -0.154. The van der Waals surface area contributed by atoms with Gasteiger partial charge in [0.1, 0.15) is 6.79 Å². The molecule has 0 aliphatic carbocycles. The molecule has 27 heavy (non-hydrogen) atoms. The molecule has 0 unspecified atom stereocenters. The molecule has 6 heteroatoms. The van der Waals surface area contributed by atoms with E-state index in [0.717, 1.165) is 5.56 Å². The first-order valence-electron chi connectivity index (χ1n) is 9.44. The number of hydrogen-bond acceptors (Lipinski definition) is 5. The van der Waals surface area contributed by atoms with Crippen molar-refractivity contribution in [1.82, 2.24) is 0 Å². The Hall–Kier alpha value is -1.47. The minimum atomic E-state index is -1.03. The summed E-state index contributed by atoms with van der Waals surface area (Å²) in [5, 5.41) is 19.6. The minimum Gasteiger partial charge on any atom is -0.481 e. The normalized spacial score (nSPS) is 17.3. The van der Waals surface area contributed by atoms with Crippen LogP contribution in [0.1, 0.15) is 39.7 Å². The van der Waals surface area contributed by atoms with E-state index in [1.807, 2.05) is 30.3 Å². The van der Waals surface area contributed by atoms with Gasteiger partial charge in [0.25, 0.3) is 0 Å². The van der Waals surface area contributed by atoms with Crippen molar-refractivity contribution in [3.8, 4) is 0 Å². The SMILES string of the molecule is COCO[C@H](C[C@H](OCc1ccccc1)C(C)C)[C@H](C)[C@@H](O)[C@H](C)C(=O)O. The zero-order chi connectivity index (χ0) is 20.4. The number of aliphatic hydroxyl groups excluding tert-OH is 1. The van der Waals surface area contributed by atoms with Crippen LogP contribution in [0.3, 0.4) is 0 Å². The van der Waals surface area contributed by atoms with Crippen LogP contribution in [0.5, 0.6) is 0 Å². The van der Waals surface area contributed by atoms with Gasteiger partial charge in [-0.25, -0.2) is 0 Å². The van der Waals surface area contributed by atoms with Gasteiger partial charge < -0.3 is 24.4 Å². The summed E-state index contributed by atoms with van der Waals surface area (Å²) in [5.74, 6) is -2.05. The third-order valence-electron chi connectivity index (χ3n) is 4.94. The Morgan fingerprint density at radius 2 is 1.67 bits per heavy atom. The third-order valence-corrected chi connectivity index (χ3v) is 4.94. The number of rotatable bonds is 13. The average molecular weight is 382 g/mol. The van der Waals surface area contributed by atoms with Crippen molar-refractivity contribution >= 4 is 5.97 Å². The number of carbonyl (C=O) groups is 1. The second kappa shape index (κ2) is 12.1. The predicted molar refractivity (Wildman–Crippen MR) is 103 cm³/mol. The average Bonchev–Trinajstić information content (AvgIpc) is 2.66. The highest BCUT2D eigenvalue weighted by Crippen LogP contribution is 2.26. The molecule has 1 rings (SSSR count). The van der Waals surface area contributed by atoms with Crippen LogP contribution in [0.15, 0.2) is 30.3 Å². The van der Waals surface area contributed by atoms with Gasteiger partial charge in [-0.1, -0.05) is 51.1 Å². The molecule has 6 nitrogen and oxygen atoms in total. The summed E-state index contributed by atoms with van der Waals surface area (Å²) in [5.41, 5.74) is 1.09. The zero-order valence-electron chi connectivity index (χ0n) is 17.0. The molecule has 0 aliphatic rings. The van der Waals surface area contributed by atoms with Crippen LogP contribution in [0.25, 0.3) is 0 Å². The van der Waals surface area contributed by atoms with E-state index in [2.05, 4.69) is 13.8 Å². The van der Waals surface area contributed by atoms with Crippen molar-refractivity contribution in [3.05, 3.63) is 35.9 Å². The van der Waals surface area contributed by atoms with E-state index in [0.29, 0.717) is 13.0 Å². The van der Waals surface area contributed by atoms with E-state index in [1.165, 1.54) is 14.0 Å². The largest absolute Gasteiger partial charge is 0.481 e. The van der Waals surface area contributed by atoms with E-state index in [9.17, 15) is 15.0 Å². The van der Waals surface area contributed by atoms with Crippen LogP contribution in [-0.2, 0) is 25.6 Å². The Morgan fingerprint density at radius 1 is 1.04 bits per heavy atom. The Morgan fingerprint density at radius 3 is 2.19 bits per heavy atom. The van der Waals surface area contributed by atoms with E-state index >= 15 is 0 Å². The number of hydrogen-bond donors (Lipinski definition) is 2. The number of methoxy groups -OCH3 is 1. The molecular weight excluding hydrogens is 348 g/mol. The highest BCUT2D eigenvalue weighted by Gasteiger charge is 2.34. The number of carboxylic acids is 1. The van der Waals surface area contributed by atoms with Crippen LogP contribution in [0.2, 0.25) is 0 Å². The molecule has 0 radical (unpaired) electrons. The van der Waals surface area contributed by atoms with Crippen molar-refractivity contribution in [1.29, 1.82) is 0 Å². The fourth-order valence-corrected chi connectivity index (χ4v) is 2.95. The minimum absolute atomic E-state index is 0.0761. The lowest BCUT2D eigenvalue weighted by atomic mass is 9.85. The summed E-state index contributed by atoms with van der Waals surface area (Å²) in [6.07, 6.45) is -0.962. The molecule has 0 aliphatic heterocycles. The summed E-state index contributed by atoms with van der Waals surface area (Å²) in [6, 6.07) is 9.93. The third kappa shape index (κ3) is 7.97. The molecule has 0 amide bonds. The van der Waals surface area contributed by atoms with Crippen LogP contribution in [-0.4, -0.2) is 48.4 Å². The fraction of sp³-hybridized carbons (Fsp3) is 0.667. The van der Waals surface area contributed by atoms with E-state index in [-0.39, 0.29) is 30.8 Å². The molecule has 0 heterocycles. The molecule has 2 N–H and O–H groups in total. The molecule has 1 aromatic rings. The maximum atomic E-state index is 11.2. The second-order valence-corrected chi connectivity index (χ2v) is 7.40. The van der Waals surface area contributed by atoms with Crippen molar-refractivity contribution in [2.45, 2.75) is 59.0 Å². The van der Waals surface area contributed by atoms with Crippen molar-refractivity contribution in [2.75, 3.05) is 13.9 Å². The summed E-state index contributed by atoms with van der Waals surface area (Å²) in [7, 11) is 1.53. The first-order valence-corrected chi connectivity index (χ1v) is 9.44. The van der Waals surface area contributed by atoms with Crippen molar-refractivity contribution < 1.29 is 29.2 Å². The van der Waals surface area contributed by atoms with E-state index in [1.54, 1.807) is 6.92 Å². The maximum absolute atomic E-state index is 11.2. The molecule has 0 spiro atoms. The van der Waals surface area contributed by atoms with Gasteiger partial charge in [0, 0.05) is 19.4 Å². The van der Waals surface area contributed by atoms with Gasteiger partial charge in [0.15, 0.2) is 0 Å². The molecule has 0 bridgehead atoms. The number of aliphatic carboxylic acids is 1.